The number of halogens is 1. The average molecular weight is 359 g/mol. The third-order valence-corrected chi connectivity index (χ3v) is 3.74. The SMILES string of the molecule is CN(Cc1ccc(Br)o1)C(=O)Nc1sccc1C(=O)O. The molecule has 2 N–H and O–H groups in total. The molecule has 2 amide bonds. The molecule has 20 heavy (non-hydrogen) atoms. The lowest BCUT2D eigenvalue weighted by Gasteiger charge is -2.16. The Morgan fingerprint density at radius 2 is 2.20 bits per heavy atom. The summed E-state index contributed by atoms with van der Waals surface area (Å²) in [5.74, 6) is -0.446. The van der Waals surface area contributed by atoms with Crippen molar-refractivity contribution in [3.8, 4) is 0 Å². The van der Waals surface area contributed by atoms with Gasteiger partial charge in [-0.15, -0.1) is 11.3 Å². The highest BCUT2D eigenvalue weighted by molar-refractivity contribution is 9.10. The number of nitrogens with one attached hydrogen (secondary N) is 1. The molecular weight excluding hydrogens is 348 g/mol. The first-order chi connectivity index (χ1) is 9.47. The number of thiophene rings is 1. The summed E-state index contributed by atoms with van der Waals surface area (Å²) >= 11 is 4.35. The summed E-state index contributed by atoms with van der Waals surface area (Å²) in [6.45, 7) is 0.283. The van der Waals surface area contributed by atoms with Crippen molar-refractivity contribution >= 4 is 44.3 Å². The van der Waals surface area contributed by atoms with Gasteiger partial charge in [-0.1, -0.05) is 0 Å². The smallest absolute Gasteiger partial charge is 0.338 e. The van der Waals surface area contributed by atoms with Gasteiger partial charge >= 0.3 is 12.0 Å². The Kier molecular flexibility index (Phi) is 4.46. The van der Waals surface area contributed by atoms with Gasteiger partial charge in [-0.05, 0) is 39.5 Å². The van der Waals surface area contributed by atoms with Crippen LogP contribution in [-0.2, 0) is 6.54 Å². The van der Waals surface area contributed by atoms with Crippen molar-refractivity contribution in [3.63, 3.8) is 0 Å². The maximum absolute atomic E-state index is 12.0. The molecule has 0 spiro atoms. The molecule has 6 nitrogen and oxygen atoms in total. The predicted molar refractivity (Wildman–Crippen MR) is 78.2 cm³/mol. The fraction of sp³-hybridized carbons (Fsp3) is 0.167. The molecule has 0 aliphatic heterocycles. The van der Waals surface area contributed by atoms with E-state index in [0.717, 1.165) is 11.3 Å². The van der Waals surface area contributed by atoms with Gasteiger partial charge in [0.2, 0.25) is 0 Å². The van der Waals surface area contributed by atoms with Crippen LogP contribution in [0.2, 0.25) is 0 Å². The lowest BCUT2D eigenvalue weighted by Crippen LogP contribution is -2.30. The lowest BCUT2D eigenvalue weighted by atomic mass is 10.3. The first kappa shape index (κ1) is 14.6. The first-order valence-electron chi connectivity index (χ1n) is 5.54. The van der Waals surface area contributed by atoms with Gasteiger partial charge in [-0.25, -0.2) is 9.59 Å². The van der Waals surface area contributed by atoms with E-state index < -0.39 is 12.0 Å². The number of carboxylic acids is 1. The van der Waals surface area contributed by atoms with Crippen molar-refractivity contribution in [2.45, 2.75) is 6.54 Å². The van der Waals surface area contributed by atoms with E-state index in [1.165, 1.54) is 11.0 Å². The molecule has 2 rings (SSSR count). The summed E-state index contributed by atoms with van der Waals surface area (Å²) in [5.41, 5.74) is 0.0810. The van der Waals surface area contributed by atoms with Crippen LogP contribution < -0.4 is 5.32 Å². The van der Waals surface area contributed by atoms with Crippen molar-refractivity contribution in [2.75, 3.05) is 12.4 Å². The van der Waals surface area contributed by atoms with Crippen LogP contribution in [0.25, 0.3) is 0 Å². The highest BCUT2D eigenvalue weighted by Crippen LogP contribution is 2.23. The van der Waals surface area contributed by atoms with E-state index in [9.17, 15) is 9.59 Å². The monoisotopic (exact) mass is 358 g/mol. The number of urea groups is 1. The lowest BCUT2D eigenvalue weighted by molar-refractivity contribution is 0.0698. The quantitative estimate of drug-likeness (QED) is 0.876. The molecule has 106 valence electrons. The van der Waals surface area contributed by atoms with Crippen LogP contribution in [0.15, 0.2) is 32.7 Å². The second-order valence-corrected chi connectivity index (χ2v) is 5.66. The Balaban J connectivity index is 2.00. The first-order valence-corrected chi connectivity index (χ1v) is 7.21. The average Bonchev–Trinajstić information content (AvgIpc) is 2.98. The van der Waals surface area contributed by atoms with Crippen LogP contribution in [0.4, 0.5) is 9.80 Å². The zero-order chi connectivity index (χ0) is 14.7. The summed E-state index contributed by atoms with van der Waals surface area (Å²) < 4.78 is 5.90. The highest BCUT2D eigenvalue weighted by Gasteiger charge is 2.17. The second-order valence-electron chi connectivity index (χ2n) is 3.96. The van der Waals surface area contributed by atoms with Crippen molar-refractivity contribution in [3.05, 3.63) is 39.6 Å². The standard InChI is InChI=1S/C12H11BrN2O4S/c1-15(6-7-2-3-9(13)19-7)12(18)14-10-8(11(16)17)4-5-20-10/h2-5H,6H2,1H3,(H,14,18)(H,16,17). The van der Waals surface area contributed by atoms with E-state index in [0.29, 0.717) is 15.4 Å². The number of nitrogens with zero attached hydrogens (tertiary/aromatic N) is 1. The minimum Gasteiger partial charge on any atom is -0.478 e. The van der Waals surface area contributed by atoms with Gasteiger partial charge in [0.25, 0.3) is 0 Å². The number of anilines is 1. The molecule has 0 fully saturated rings. The van der Waals surface area contributed by atoms with Gasteiger partial charge in [0, 0.05) is 7.05 Å². The fourth-order valence-electron chi connectivity index (χ4n) is 1.51. The topological polar surface area (TPSA) is 82.8 Å². The second kappa shape index (κ2) is 6.10. The molecule has 0 saturated carbocycles. The number of amides is 2. The molecule has 0 aliphatic rings. The molecule has 0 aliphatic carbocycles. The van der Waals surface area contributed by atoms with Gasteiger partial charge in [0.1, 0.15) is 10.8 Å². The Labute approximate surface area is 127 Å². The summed E-state index contributed by atoms with van der Waals surface area (Å²) in [5, 5.41) is 13.5. The normalized spacial score (nSPS) is 10.3. The zero-order valence-electron chi connectivity index (χ0n) is 10.4. The van der Waals surface area contributed by atoms with Gasteiger partial charge in [0.05, 0.1) is 12.1 Å². The van der Waals surface area contributed by atoms with E-state index in [1.54, 1.807) is 24.6 Å². The number of furan rings is 1. The minimum atomic E-state index is -1.07. The maximum atomic E-state index is 12.0. The van der Waals surface area contributed by atoms with Crippen molar-refractivity contribution in [2.24, 2.45) is 0 Å². The van der Waals surface area contributed by atoms with Crippen LogP contribution in [0, 0.1) is 0 Å². The molecule has 2 heterocycles. The van der Waals surface area contributed by atoms with Crippen molar-refractivity contribution in [1.29, 1.82) is 0 Å². The number of hydrogen-bond donors (Lipinski definition) is 2. The van der Waals surface area contributed by atoms with Gasteiger partial charge in [-0.2, -0.15) is 0 Å². The molecule has 0 radical (unpaired) electrons. The largest absolute Gasteiger partial charge is 0.478 e. The Morgan fingerprint density at radius 3 is 2.80 bits per heavy atom. The molecule has 0 aromatic carbocycles. The van der Waals surface area contributed by atoms with Crippen molar-refractivity contribution < 1.29 is 19.1 Å². The van der Waals surface area contributed by atoms with E-state index >= 15 is 0 Å². The van der Waals surface area contributed by atoms with Crippen LogP contribution in [0.5, 0.6) is 0 Å². The molecule has 0 bridgehead atoms. The molecular formula is C12H11BrN2O4S. The summed E-state index contributed by atoms with van der Waals surface area (Å²) in [7, 11) is 1.60. The van der Waals surface area contributed by atoms with Gasteiger partial charge < -0.3 is 14.4 Å². The Hall–Kier alpha value is -1.80. The minimum absolute atomic E-state index is 0.0810. The molecule has 0 unspecified atom stereocenters. The predicted octanol–water partition coefficient (Wildman–Crippen LogP) is 3.47. The molecule has 0 saturated heterocycles. The molecule has 2 aromatic heterocycles. The maximum Gasteiger partial charge on any atom is 0.338 e. The number of rotatable bonds is 4. The van der Waals surface area contributed by atoms with Crippen LogP contribution in [0.3, 0.4) is 0 Å². The van der Waals surface area contributed by atoms with E-state index in [1.807, 2.05) is 0 Å². The fourth-order valence-corrected chi connectivity index (χ4v) is 2.62. The van der Waals surface area contributed by atoms with Crippen molar-refractivity contribution in [1.82, 2.24) is 4.90 Å². The van der Waals surface area contributed by atoms with Crippen LogP contribution in [-0.4, -0.2) is 29.1 Å². The third kappa shape index (κ3) is 3.40. The van der Waals surface area contributed by atoms with E-state index in [-0.39, 0.29) is 12.1 Å². The summed E-state index contributed by atoms with van der Waals surface area (Å²) in [6, 6.07) is 4.54. The number of carbonyl (C=O) groups is 2. The van der Waals surface area contributed by atoms with Crippen LogP contribution in [0.1, 0.15) is 16.1 Å². The molecule has 8 heteroatoms. The van der Waals surface area contributed by atoms with Gasteiger partial charge in [0.15, 0.2) is 4.67 Å². The molecule has 0 atom stereocenters. The Bertz CT molecular complexity index is 637. The molecule has 2 aromatic rings. The number of hydrogen-bond acceptors (Lipinski definition) is 4. The number of carbonyl (C=O) groups excluding carboxylic acids is 1. The highest BCUT2D eigenvalue weighted by atomic mass is 79.9. The van der Waals surface area contributed by atoms with E-state index in [4.69, 9.17) is 9.52 Å². The number of carboxylic acid groups (broad SMARTS) is 1. The van der Waals surface area contributed by atoms with Gasteiger partial charge in [-0.3, -0.25) is 5.32 Å². The van der Waals surface area contributed by atoms with Crippen LogP contribution >= 0.6 is 27.3 Å². The summed E-state index contributed by atoms with van der Waals surface area (Å²) in [4.78, 5) is 24.3. The van der Waals surface area contributed by atoms with E-state index in [2.05, 4.69) is 21.2 Å². The Morgan fingerprint density at radius 1 is 1.45 bits per heavy atom. The number of aromatic carboxylic acids is 1. The third-order valence-electron chi connectivity index (χ3n) is 2.48. The zero-order valence-corrected chi connectivity index (χ0v) is 12.8. The summed E-state index contributed by atoms with van der Waals surface area (Å²) in [6.07, 6.45) is 0.